The second-order valence-corrected chi connectivity index (χ2v) is 2.12. The molecule has 0 saturated heterocycles. The molecule has 1 rings (SSSR count). The van der Waals surface area contributed by atoms with E-state index < -0.39 is 0 Å². The first-order valence-electron chi connectivity index (χ1n) is 2.84. The lowest BCUT2D eigenvalue weighted by molar-refractivity contribution is 0.906. The minimum absolute atomic E-state index is 1.00. The molecule has 1 aliphatic rings. The van der Waals surface area contributed by atoms with Crippen LogP contribution in [0.1, 0.15) is 19.3 Å². The summed E-state index contributed by atoms with van der Waals surface area (Å²) in [6.07, 6.45) is 6.10. The van der Waals surface area contributed by atoms with E-state index in [1.807, 2.05) is 13.3 Å². The molecule has 1 heteroatoms. The molecule has 0 aromatic heterocycles. The molecule has 7 heavy (non-hydrogen) atoms. The van der Waals surface area contributed by atoms with Crippen molar-refractivity contribution in [3.05, 3.63) is 0 Å². The summed E-state index contributed by atoms with van der Waals surface area (Å²) < 4.78 is 0. The fraction of sp³-hybridized carbons (Fsp3) is 0.833. The molecule has 0 radical (unpaired) electrons. The molecule has 0 amide bonds. The van der Waals surface area contributed by atoms with Gasteiger partial charge in [0.2, 0.25) is 0 Å². The fourth-order valence-corrected chi connectivity index (χ4v) is 0.608. The highest BCUT2D eigenvalue weighted by atomic mass is 14.6. The topological polar surface area (TPSA) is 12.4 Å². The van der Waals surface area contributed by atoms with Gasteiger partial charge in [-0.05, 0) is 31.4 Å². The number of aliphatic imine (C=N–C) groups is 1. The first-order valence-corrected chi connectivity index (χ1v) is 2.84. The largest absolute Gasteiger partial charge is 0.301 e. The van der Waals surface area contributed by atoms with Crippen LogP contribution in [0.25, 0.3) is 0 Å². The zero-order chi connectivity index (χ0) is 5.11. The van der Waals surface area contributed by atoms with Gasteiger partial charge in [0.1, 0.15) is 0 Å². The number of hydrogen-bond acceptors (Lipinski definition) is 1. The smallest absolute Gasteiger partial charge is 0.0273 e. The summed E-state index contributed by atoms with van der Waals surface area (Å²) in [6.45, 7) is 0. The van der Waals surface area contributed by atoms with Crippen LogP contribution in [0.2, 0.25) is 0 Å². The van der Waals surface area contributed by atoms with Crippen molar-refractivity contribution < 1.29 is 0 Å². The van der Waals surface area contributed by atoms with Crippen LogP contribution in [-0.4, -0.2) is 13.3 Å². The van der Waals surface area contributed by atoms with Crippen LogP contribution in [0.5, 0.6) is 0 Å². The molecule has 0 N–H and O–H groups in total. The Labute approximate surface area is 44.5 Å². The fourth-order valence-electron chi connectivity index (χ4n) is 0.608. The maximum absolute atomic E-state index is 3.89. The summed E-state index contributed by atoms with van der Waals surface area (Å²) in [4.78, 5) is 3.89. The Hall–Kier alpha value is -0.330. The molecule has 1 fully saturated rings. The molecular formula is C6H11N. The highest BCUT2D eigenvalue weighted by Gasteiger charge is 2.18. The van der Waals surface area contributed by atoms with Crippen molar-refractivity contribution in [2.24, 2.45) is 10.9 Å². The lowest BCUT2D eigenvalue weighted by Crippen LogP contribution is -1.74. The van der Waals surface area contributed by atoms with Crippen LogP contribution in [0.4, 0.5) is 0 Å². The van der Waals surface area contributed by atoms with Crippen molar-refractivity contribution in [2.45, 2.75) is 19.3 Å². The van der Waals surface area contributed by atoms with E-state index in [-0.39, 0.29) is 0 Å². The summed E-state index contributed by atoms with van der Waals surface area (Å²) in [5.41, 5.74) is 0. The molecule has 0 heterocycles. The van der Waals surface area contributed by atoms with Gasteiger partial charge < -0.3 is 4.99 Å². The summed E-state index contributed by atoms with van der Waals surface area (Å²) in [5.74, 6) is 1.00. The first-order chi connectivity index (χ1) is 3.43. The quantitative estimate of drug-likeness (QED) is 0.463. The Morgan fingerprint density at radius 2 is 2.43 bits per heavy atom. The highest BCUT2D eigenvalue weighted by molar-refractivity contribution is 5.57. The van der Waals surface area contributed by atoms with Crippen LogP contribution in [-0.2, 0) is 0 Å². The average Bonchev–Trinajstić information content (AvgIpc) is 2.42. The van der Waals surface area contributed by atoms with E-state index in [1.54, 1.807) is 0 Å². The lowest BCUT2D eigenvalue weighted by Gasteiger charge is -1.79. The maximum Gasteiger partial charge on any atom is 0.0273 e. The van der Waals surface area contributed by atoms with Crippen LogP contribution >= 0.6 is 0 Å². The Bertz CT molecular complexity index is 72.2. The van der Waals surface area contributed by atoms with Crippen molar-refractivity contribution in [2.75, 3.05) is 7.05 Å². The SMILES string of the molecule is C/N=C\CC1CC1. The average molecular weight is 97.2 g/mol. The van der Waals surface area contributed by atoms with E-state index in [4.69, 9.17) is 0 Å². The Morgan fingerprint density at radius 1 is 1.71 bits per heavy atom. The molecule has 1 saturated carbocycles. The number of rotatable bonds is 2. The van der Waals surface area contributed by atoms with Gasteiger partial charge in [-0.3, -0.25) is 0 Å². The molecule has 1 nitrogen and oxygen atoms in total. The van der Waals surface area contributed by atoms with Crippen LogP contribution < -0.4 is 0 Å². The zero-order valence-electron chi connectivity index (χ0n) is 4.72. The molecule has 0 bridgehead atoms. The standard InChI is InChI=1S/C6H11N/c1-7-5-4-6-2-3-6/h5-6H,2-4H2,1H3/b7-5-. The van der Waals surface area contributed by atoms with E-state index in [1.165, 1.54) is 19.3 Å². The predicted octanol–water partition coefficient (Wildman–Crippen LogP) is 1.49. The Morgan fingerprint density at radius 3 is 2.86 bits per heavy atom. The van der Waals surface area contributed by atoms with Gasteiger partial charge in [0.05, 0.1) is 0 Å². The summed E-state index contributed by atoms with van der Waals surface area (Å²) >= 11 is 0. The summed E-state index contributed by atoms with van der Waals surface area (Å²) in [7, 11) is 1.84. The Balaban J connectivity index is 1.98. The second kappa shape index (κ2) is 2.10. The molecule has 0 unspecified atom stereocenters. The molecule has 0 spiro atoms. The van der Waals surface area contributed by atoms with Gasteiger partial charge in [0.15, 0.2) is 0 Å². The van der Waals surface area contributed by atoms with E-state index >= 15 is 0 Å². The van der Waals surface area contributed by atoms with E-state index in [0.717, 1.165) is 5.92 Å². The van der Waals surface area contributed by atoms with Crippen molar-refractivity contribution in [1.82, 2.24) is 0 Å². The minimum atomic E-state index is 1.00. The number of hydrogen-bond donors (Lipinski definition) is 0. The maximum atomic E-state index is 3.89. The normalized spacial score (nSPS) is 21.3. The van der Waals surface area contributed by atoms with E-state index in [9.17, 15) is 0 Å². The third kappa shape index (κ3) is 1.72. The molecular weight excluding hydrogens is 86.1 g/mol. The summed E-state index contributed by atoms with van der Waals surface area (Å²) in [5, 5.41) is 0. The van der Waals surface area contributed by atoms with Gasteiger partial charge in [0, 0.05) is 7.05 Å². The monoisotopic (exact) mass is 97.1 g/mol. The van der Waals surface area contributed by atoms with Crippen LogP contribution in [0.3, 0.4) is 0 Å². The molecule has 0 aromatic rings. The van der Waals surface area contributed by atoms with Gasteiger partial charge in [-0.15, -0.1) is 0 Å². The van der Waals surface area contributed by atoms with Gasteiger partial charge >= 0.3 is 0 Å². The van der Waals surface area contributed by atoms with Gasteiger partial charge in [-0.2, -0.15) is 0 Å². The molecule has 40 valence electrons. The summed E-state index contributed by atoms with van der Waals surface area (Å²) in [6, 6.07) is 0. The third-order valence-electron chi connectivity index (χ3n) is 1.32. The van der Waals surface area contributed by atoms with Crippen molar-refractivity contribution in [3.63, 3.8) is 0 Å². The third-order valence-corrected chi connectivity index (χ3v) is 1.32. The first kappa shape index (κ1) is 4.82. The van der Waals surface area contributed by atoms with Gasteiger partial charge in [-0.1, -0.05) is 0 Å². The minimum Gasteiger partial charge on any atom is -0.301 e. The van der Waals surface area contributed by atoms with E-state index in [2.05, 4.69) is 4.99 Å². The van der Waals surface area contributed by atoms with Crippen molar-refractivity contribution in [1.29, 1.82) is 0 Å². The molecule has 0 aliphatic heterocycles. The zero-order valence-corrected chi connectivity index (χ0v) is 4.72. The molecule has 1 aliphatic carbocycles. The predicted molar refractivity (Wildman–Crippen MR) is 31.8 cm³/mol. The van der Waals surface area contributed by atoms with Gasteiger partial charge in [-0.25, -0.2) is 0 Å². The second-order valence-electron chi connectivity index (χ2n) is 2.12. The van der Waals surface area contributed by atoms with Crippen LogP contribution in [0, 0.1) is 5.92 Å². The highest BCUT2D eigenvalue weighted by Crippen LogP contribution is 2.31. The number of nitrogens with zero attached hydrogens (tertiary/aromatic N) is 1. The molecule has 0 atom stereocenters. The van der Waals surface area contributed by atoms with Crippen molar-refractivity contribution in [3.8, 4) is 0 Å². The lowest BCUT2D eigenvalue weighted by atomic mass is 10.3. The van der Waals surface area contributed by atoms with Crippen LogP contribution in [0.15, 0.2) is 4.99 Å². The van der Waals surface area contributed by atoms with Crippen molar-refractivity contribution >= 4 is 6.21 Å². The Kier molecular flexibility index (Phi) is 1.45. The molecule has 0 aromatic carbocycles. The van der Waals surface area contributed by atoms with E-state index in [0.29, 0.717) is 0 Å². The van der Waals surface area contributed by atoms with Gasteiger partial charge in [0.25, 0.3) is 0 Å².